The number of aliphatic carboxylic acids is 1. The molecule has 20 heavy (non-hydrogen) atoms. The van der Waals surface area contributed by atoms with Crippen LogP contribution in [0.3, 0.4) is 0 Å². The fraction of sp³-hybridized carbons (Fsp3) is 0.867. The Morgan fingerprint density at radius 2 is 1.95 bits per heavy atom. The van der Waals surface area contributed by atoms with Crippen LogP contribution >= 0.6 is 0 Å². The monoisotopic (exact) mass is 284 g/mol. The van der Waals surface area contributed by atoms with Crippen LogP contribution in [0.4, 0.5) is 4.79 Å². The topological polar surface area (TPSA) is 69.6 Å². The van der Waals surface area contributed by atoms with E-state index in [-0.39, 0.29) is 11.4 Å². The first kappa shape index (κ1) is 16.8. The Morgan fingerprint density at radius 3 is 2.50 bits per heavy atom. The number of carboxylic acids is 1. The van der Waals surface area contributed by atoms with E-state index in [4.69, 9.17) is 0 Å². The number of nitrogens with zero attached hydrogens (tertiary/aromatic N) is 1. The molecule has 0 bridgehead atoms. The van der Waals surface area contributed by atoms with Gasteiger partial charge in [0.2, 0.25) is 0 Å². The lowest BCUT2D eigenvalue weighted by atomic mass is 9.82. The summed E-state index contributed by atoms with van der Waals surface area (Å²) in [5.74, 6) is -0.562. The number of hydrogen-bond acceptors (Lipinski definition) is 2. The highest BCUT2D eigenvalue weighted by atomic mass is 16.4. The fourth-order valence-electron chi connectivity index (χ4n) is 2.26. The lowest BCUT2D eigenvalue weighted by Gasteiger charge is -2.31. The van der Waals surface area contributed by atoms with Crippen LogP contribution in [0.15, 0.2) is 0 Å². The Bertz CT molecular complexity index is 350. The number of urea groups is 1. The molecule has 0 saturated carbocycles. The van der Waals surface area contributed by atoms with Gasteiger partial charge >= 0.3 is 12.0 Å². The van der Waals surface area contributed by atoms with Gasteiger partial charge in [-0.15, -0.1) is 0 Å². The minimum Gasteiger partial charge on any atom is -0.480 e. The van der Waals surface area contributed by atoms with E-state index in [1.807, 2.05) is 0 Å². The summed E-state index contributed by atoms with van der Waals surface area (Å²) in [6.07, 6.45) is 3.30. The van der Waals surface area contributed by atoms with Crippen molar-refractivity contribution >= 4 is 12.0 Å². The van der Waals surface area contributed by atoms with Gasteiger partial charge in [-0.2, -0.15) is 0 Å². The molecule has 0 spiro atoms. The maximum atomic E-state index is 12.2. The molecule has 5 nitrogen and oxygen atoms in total. The molecule has 1 rings (SSSR count). The maximum absolute atomic E-state index is 12.2. The first-order valence-corrected chi connectivity index (χ1v) is 7.50. The van der Waals surface area contributed by atoms with Crippen LogP contribution in [0, 0.1) is 11.3 Å². The molecule has 2 unspecified atom stereocenters. The summed E-state index contributed by atoms with van der Waals surface area (Å²) in [6, 6.07) is -0.919. The van der Waals surface area contributed by atoms with E-state index in [0.717, 1.165) is 19.3 Å². The Kier molecular flexibility index (Phi) is 5.84. The van der Waals surface area contributed by atoms with Gasteiger partial charge in [0, 0.05) is 13.1 Å². The number of likely N-dealkylation sites (tertiary alicyclic amines) is 1. The molecule has 1 saturated heterocycles. The zero-order valence-corrected chi connectivity index (χ0v) is 13.1. The van der Waals surface area contributed by atoms with Gasteiger partial charge in [-0.05, 0) is 24.2 Å². The molecule has 0 aromatic rings. The van der Waals surface area contributed by atoms with Crippen LogP contribution in [-0.2, 0) is 4.79 Å². The highest BCUT2D eigenvalue weighted by Gasteiger charge is 2.31. The van der Waals surface area contributed by atoms with Crippen LogP contribution in [0.1, 0.15) is 53.4 Å². The first-order valence-electron chi connectivity index (χ1n) is 7.50. The van der Waals surface area contributed by atoms with E-state index in [0.29, 0.717) is 25.4 Å². The average molecular weight is 284 g/mol. The van der Waals surface area contributed by atoms with Crippen LogP contribution < -0.4 is 5.32 Å². The maximum Gasteiger partial charge on any atom is 0.326 e. The first-order chi connectivity index (χ1) is 9.23. The van der Waals surface area contributed by atoms with Crippen molar-refractivity contribution in [2.45, 2.75) is 59.4 Å². The van der Waals surface area contributed by atoms with Gasteiger partial charge in [-0.3, -0.25) is 0 Å². The van der Waals surface area contributed by atoms with E-state index in [9.17, 15) is 14.7 Å². The molecule has 1 aliphatic rings. The van der Waals surface area contributed by atoms with E-state index in [2.05, 4.69) is 33.0 Å². The van der Waals surface area contributed by atoms with Crippen molar-refractivity contribution in [3.8, 4) is 0 Å². The van der Waals surface area contributed by atoms with E-state index < -0.39 is 12.0 Å². The minimum atomic E-state index is -0.897. The summed E-state index contributed by atoms with van der Waals surface area (Å²) >= 11 is 0. The number of amides is 2. The molecule has 0 radical (unpaired) electrons. The number of nitrogens with one attached hydrogen (secondary N) is 1. The standard InChI is InChI=1S/C15H28N2O3/c1-11(15(2,3)4)10-16-14(20)17-9-7-5-6-8-12(17)13(18)19/h11-12H,5-10H2,1-4H3,(H,16,20)(H,18,19). The van der Waals surface area contributed by atoms with Crippen molar-refractivity contribution in [3.05, 3.63) is 0 Å². The summed E-state index contributed by atoms with van der Waals surface area (Å²) in [6.45, 7) is 9.61. The van der Waals surface area contributed by atoms with Gasteiger partial charge in [-0.1, -0.05) is 40.5 Å². The molecule has 116 valence electrons. The van der Waals surface area contributed by atoms with E-state index >= 15 is 0 Å². The van der Waals surface area contributed by atoms with Crippen LogP contribution in [-0.4, -0.2) is 41.1 Å². The molecule has 2 amide bonds. The van der Waals surface area contributed by atoms with Crippen molar-refractivity contribution in [2.24, 2.45) is 11.3 Å². The molecule has 2 atom stereocenters. The van der Waals surface area contributed by atoms with Gasteiger partial charge in [0.15, 0.2) is 0 Å². The molecular formula is C15H28N2O3. The van der Waals surface area contributed by atoms with Gasteiger partial charge in [0.25, 0.3) is 0 Å². The molecule has 1 aliphatic heterocycles. The second-order valence-electron chi connectivity index (χ2n) is 6.85. The number of rotatable bonds is 3. The minimum absolute atomic E-state index is 0.123. The largest absolute Gasteiger partial charge is 0.480 e. The zero-order valence-electron chi connectivity index (χ0n) is 13.1. The predicted molar refractivity (Wildman–Crippen MR) is 78.6 cm³/mol. The predicted octanol–water partition coefficient (Wildman–Crippen LogP) is 2.71. The van der Waals surface area contributed by atoms with Gasteiger partial charge < -0.3 is 15.3 Å². The number of carboxylic acid groups (broad SMARTS) is 1. The molecule has 0 aliphatic carbocycles. The number of hydrogen-bond donors (Lipinski definition) is 2. The van der Waals surface area contributed by atoms with E-state index in [1.165, 1.54) is 4.90 Å². The Morgan fingerprint density at radius 1 is 1.30 bits per heavy atom. The number of carbonyl (C=O) groups is 2. The summed E-state index contributed by atoms with van der Waals surface area (Å²) in [7, 11) is 0. The van der Waals surface area contributed by atoms with E-state index in [1.54, 1.807) is 0 Å². The third-order valence-electron chi connectivity index (χ3n) is 4.34. The van der Waals surface area contributed by atoms with Crippen molar-refractivity contribution in [1.82, 2.24) is 10.2 Å². The Labute approximate surface area is 121 Å². The molecule has 2 N–H and O–H groups in total. The molecule has 0 aromatic heterocycles. The molecular weight excluding hydrogens is 256 g/mol. The zero-order chi connectivity index (χ0) is 15.3. The smallest absolute Gasteiger partial charge is 0.326 e. The van der Waals surface area contributed by atoms with Gasteiger partial charge in [-0.25, -0.2) is 9.59 Å². The number of carbonyl (C=O) groups excluding carboxylic acids is 1. The van der Waals surface area contributed by atoms with Crippen molar-refractivity contribution in [1.29, 1.82) is 0 Å². The Hall–Kier alpha value is -1.26. The summed E-state index contributed by atoms with van der Waals surface area (Å²) in [5, 5.41) is 12.2. The normalized spacial score (nSPS) is 22.0. The fourth-order valence-corrected chi connectivity index (χ4v) is 2.26. The van der Waals surface area contributed by atoms with Gasteiger partial charge in [0.05, 0.1) is 0 Å². The third-order valence-corrected chi connectivity index (χ3v) is 4.34. The third kappa shape index (κ3) is 4.69. The van der Waals surface area contributed by atoms with Crippen molar-refractivity contribution in [2.75, 3.05) is 13.1 Å². The van der Waals surface area contributed by atoms with Gasteiger partial charge in [0.1, 0.15) is 6.04 Å². The second-order valence-corrected chi connectivity index (χ2v) is 6.85. The second kappa shape index (κ2) is 6.95. The lowest BCUT2D eigenvalue weighted by Crippen LogP contribution is -2.50. The average Bonchev–Trinajstić information content (AvgIpc) is 2.59. The quantitative estimate of drug-likeness (QED) is 0.837. The van der Waals surface area contributed by atoms with Crippen LogP contribution in [0.2, 0.25) is 0 Å². The molecule has 1 heterocycles. The Balaban J connectivity index is 2.61. The highest BCUT2D eigenvalue weighted by molar-refractivity contribution is 5.82. The molecule has 5 heteroatoms. The van der Waals surface area contributed by atoms with Crippen LogP contribution in [0.5, 0.6) is 0 Å². The highest BCUT2D eigenvalue weighted by Crippen LogP contribution is 2.24. The van der Waals surface area contributed by atoms with Crippen LogP contribution in [0.25, 0.3) is 0 Å². The van der Waals surface area contributed by atoms with Crippen molar-refractivity contribution in [3.63, 3.8) is 0 Å². The molecule has 1 fully saturated rings. The molecule has 0 aromatic carbocycles. The summed E-state index contributed by atoms with van der Waals surface area (Å²) in [5.41, 5.74) is 0.123. The SMILES string of the molecule is CC(CNC(=O)N1CCCCCC1C(=O)O)C(C)(C)C. The lowest BCUT2D eigenvalue weighted by molar-refractivity contribution is -0.142. The van der Waals surface area contributed by atoms with Crippen molar-refractivity contribution < 1.29 is 14.7 Å². The summed E-state index contributed by atoms with van der Waals surface area (Å²) < 4.78 is 0. The summed E-state index contributed by atoms with van der Waals surface area (Å²) in [4.78, 5) is 25.0.